The van der Waals surface area contributed by atoms with Crippen LogP contribution in [-0.4, -0.2) is 31.3 Å². The molecule has 2 heteroatoms. The van der Waals surface area contributed by atoms with Gasteiger partial charge in [0.25, 0.3) is 0 Å². The van der Waals surface area contributed by atoms with Gasteiger partial charge in [-0.15, -0.1) is 0 Å². The highest BCUT2D eigenvalue weighted by Crippen LogP contribution is 2.04. The summed E-state index contributed by atoms with van der Waals surface area (Å²) in [6.45, 7) is 6.29. The van der Waals surface area contributed by atoms with Crippen molar-refractivity contribution in [3.05, 3.63) is 0 Å². The molecule has 1 unspecified atom stereocenters. The lowest BCUT2D eigenvalue weighted by atomic mass is 10.0. The Morgan fingerprint density at radius 1 is 1.45 bits per heavy atom. The molecule has 0 aliphatic carbocycles. The predicted octanol–water partition coefficient (Wildman–Crippen LogP) is 1.55. The topological polar surface area (TPSA) is 20.3 Å². The van der Waals surface area contributed by atoms with Crippen LogP contribution in [0, 0.1) is 5.92 Å². The molecule has 1 atom stereocenters. The minimum absolute atomic E-state index is 0.268. The van der Waals surface area contributed by atoms with Gasteiger partial charge in [0.2, 0.25) is 0 Å². The molecule has 0 rings (SSSR count). The van der Waals surface area contributed by atoms with Crippen LogP contribution in [0.1, 0.15) is 26.7 Å². The zero-order valence-corrected chi connectivity index (χ0v) is 7.84. The molecule has 0 saturated heterocycles. The molecule has 0 fully saturated rings. The molecular weight excluding hydrogens is 138 g/mol. The van der Waals surface area contributed by atoms with Crippen LogP contribution >= 0.6 is 0 Å². The SMILES string of the molecule is CCC(C=O)CCN(C)CC. The maximum Gasteiger partial charge on any atom is 0.123 e. The average molecular weight is 157 g/mol. The van der Waals surface area contributed by atoms with E-state index in [9.17, 15) is 4.79 Å². The molecule has 0 bridgehead atoms. The molecular formula is C9H19NO. The van der Waals surface area contributed by atoms with E-state index in [1.807, 2.05) is 0 Å². The van der Waals surface area contributed by atoms with Crippen molar-refractivity contribution in [2.75, 3.05) is 20.1 Å². The fraction of sp³-hybridized carbons (Fsp3) is 0.889. The van der Waals surface area contributed by atoms with Gasteiger partial charge in [0.15, 0.2) is 0 Å². The van der Waals surface area contributed by atoms with Gasteiger partial charge >= 0.3 is 0 Å². The molecule has 0 aromatic heterocycles. The molecule has 66 valence electrons. The van der Waals surface area contributed by atoms with E-state index in [0.29, 0.717) is 0 Å². The summed E-state index contributed by atoms with van der Waals surface area (Å²) in [7, 11) is 2.08. The summed E-state index contributed by atoms with van der Waals surface area (Å²) < 4.78 is 0. The second-order valence-electron chi connectivity index (χ2n) is 2.99. The zero-order valence-electron chi connectivity index (χ0n) is 7.84. The highest BCUT2D eigenvalue weighted by Gasteiger charge is 2.04. The number of carbonyl (C=O) groups excluding carboxylic acids is 1. The third-order valence-corrected chi connectivity index (χ3v) is 2.14. The summed E-state index contributed by atoms with van der Waals surface area (Å²) in [5.74, 6) is 0.268. The van der Waals surface area contributed by atoms with Gasteiger partial charge in [0, 0.05) is 5.92 Å². The maximum atomic E-state index is 10.4. The number of nitrogens with zero attached hydrogens (tertiary/aromatic N) is 1. The smallest absolute Gasteiger partial charge is 0.123 e. The number of hydrogen-bond donors (Lipinski definition) is 0. The highest BCUT2D eigenvalue weighted by molar-refractivity contribution is 5.53. The first kappa shape index (κ1) is 10.6. The van der Waals surface area contributed by atoms with Crippen molar-refractivity contribution in [1.82, 2.24) is 4.90 Å². The third-order valence-electron chi connectivity index (χ3n) is 2.14. The van der Waals surface area contributed by atoms with Crippen LogP contribution in [0.2, 0.25) is 0 Å². The molecule has 0 N–H and O–H groups in total. The molecule has 0 amide bonds. The van der Waals surface area contributed by atoms with Gasteiger partial charge in [-0.2, -0.15) is 0 Å². The first-order valence-corrected chi connectivity index (χ1v) is 4.38. The van der Waals surface area contributed by atoms with Crippen molar-refractivity contribution >= 4 is 6.29 Å². The number of hydrogen-bond acceptors (Lipinski definition) is 2. The Kier molecular flexibility index (Phi) is 6.13. The fourth-order valence-electron chi connectivity index (χ4n) is 0.913. The Hall–Kier alpha value is -0.370. The Bertz CT molecular complexity index is 104. The van der Waals surface area contributed by atoms with Crippen molar-refractivity contribution in [3.8, 4) is 0 Å². The lowest BCUT2D eigenvalue weighted by Gasteiger charge is -2.15. The van der Waals surface area contributed by atoms with Crippen molar-refractivity contribution < 1.29 is 4.79 Å². The molecule has 2 nitrogen and oxygen atoms in total. The molecule has 0 spiro atoms. The van der Waals surface area contributed by atoms with Crippen LogP contribution in [0.4, 0.5) is 0 Å². The van der Waals surface area contributed by atoms with E-state index in [1.54, 1.807) is 0 Å². The Balaban J connectivity index is 3.41. The summed E-state index contributed by atoms with van der Waals surface area (Å²) in [6.07, 6.45) is 3.05. The van der Waals surface area contributed by atoms with E-state index >= 15 is 0 Å². The third kappa shape index (κ3) is 4.96. The van der Waals surface area contributed by atoms with Gasteiger partial charge in [0.1, 0.15) is 6.29 Å². The molecule has 0 heterocycles. The summed E-state index contributed by atoms with van der Waals surface area (Å²) in [5.41, 5.74) is 0. The number of carbonyl (C=O) groups is 1. The molecule has 11 heavy (non-hydrogen) atoms. The molecule has 0 aromatic rings. The second-order valence-corrected chi connectivity index (χ2v) is 2.99. The van der Waals surface area contributed by atoms with Crippen LogP contribution in [-0.2, 0) is 4.79 Å². The quantitative estimate of drug-likeness (QED) is 0.545. The Morgan fingerprint density at radius 2 is 2.09 bits per heavy atom. The monoisotopic (exact) mass is 157 g/mol. The highest BCUT2D eigenvalue weighted by atomic mass is 16.1. The summed E-state index contributed by atoms with van der Waals surface area (Å²) in [4.78, 5) is 12.6. The first-order chi connectivity index (χ1) is 5.24. The van der Waals surface area contributed by atoms with Crippen molar-refractivity contribution in [1.29, 1.82) is 0 Å². The van der Waals surface area contributed by atoms with E-state index in [1.165, 1.54) is 0 Å². The Labute approximate surface area is 69.6 Å². The van der Waals surface area contributed by atoms with E-state index in [0.717, 1.165) is 32.2 Å². The number of rotatable bonds is 6. The zero-order chi connectivity index (χ0) is 8.69. The van der Waals surface area contributed by atoms with E-state index < -0.39 is 0 Å². The largest absolute Gasteiger partial charge is 0.307 e. The van der Waals surface area contributed by atoms with Crippen molar-refractivity contribution in [2.45, 2.75) is 26.7 Å². The Morgan fingerprint density at radius 3 is 2.45 bits per heavy atom. The molecule has 0 aliphatic rings. The summed E-state index contributed by atoms with van der Waals surface area (Å²) in [6, 6.07) is 0. The van der Waals surface area contributed by atoms with Gasteiger partial charge in [-0.1, -0.05) is 13.8 Å². The number of aldehydes is 1. The normalized spacial score (nSPS) is 13.5. The minimum atomic E-state index is 0.268. The van der Waals surface area contributed by atoms with Crippen LogP contribution < -0.4 is 0 Å². The van der Waals surface area contributed by atoms with Crippen molar-refractivity contribution in [3.63, 3.8) is 0 Å². The van der Waals surface area contributed by atoms with Gasteiger partial charge in [-0.25, -0.2) is 0 Å². The summed E-state index contributed by atoms with van der Waals surface area (Å²) in [5, 5.41) is 0. The predicted molar refractivity (Wildman–Crippen MR) is 47.6 cm³/mol. The minimum Gasteiger partial charge on any atom is -0.307 e. The lowest BCUT2D eigenvalue weighted by molar-refractivity contribution is -0.111. The van der Waals surface area contributed by atoms with E-state index in [-0.39, 0.29) is 5.92 Å². The van der Waals surface area contributed by atoms with Gasteiger partial charge in [-0.3, -0.25) is 0 Å². The van der Waals surface area contributed by atoms with Crippen LogP contribution in [0.3, 0.4) is 0 Å². The first-order valence-electron chi connectivity index (χ1n) is 4.38. The molecule has 0 radical (unpaired) electrons. The van der Waals surface area contributed by atoms with Crippen LogP contribution in [0.5, 0.6) is 0 Å². The second kappa shape index (κ2) is 6.35. The van der Waals surface area contributed by atoms with Crippen LogP contribution in [0.25, 0.3) is 0 Å². The van der Waals surface area contributed by atoms with E-state index in [4.69, 9.17) is 0 Å². The molecule has 0 aromatic carbocycles. The fourth-order valence-corrected chi connectivity index (χ4v) is 0.913. The van der Waals surface area contributed by atoms with Gasteiger partial charge in [0.05, 0.1) is 0 Å². The summed E-state index contributed by atoms with van der Waals surface area (Å²) >= 11 is 0. The van der Waals surface area contributed by atoms with Crippen LogP contribution in [0.15, 0.2) is 0 Å². The average Bonchev–Trinajstić information content (AvgIpc) is 2.06. The standard InChI is InChI=1S/C9H19NO/c1-4-9(8-11)6-7-10(3)5-2/h8-9H,4-7H2,1-3H3. The maximum absolute atomic E-state index is 10.4. The van der Waals surface area contributed by atoms with Crippen molar-refractivity contribution in [2.24, 2.45) is 5.92 Å². The molecule has 0 saturated carbocycles. The molecule has 0 aliphatic heterocycles. The van der Waals surface area contributed by atoms with Gasteiger partial charge in [-0.05, 0) is 33.0 Å². The van der Waals surface area contributed by atoms with E-state index in [2.05, 4.69) is 25.8 Å². The lowest BCUT2D eigenvalue weighted by Crippen LogP contribution is -2.21. The van der Waals surface area contributed by atoms with Gasteiger partial charge < -0.3 is 9.69 Å².